The zero-order chi connectivity index (χ0) is 46.3. The largest absolute Gasteiger partial charge is 0.469 e. The Balaban J connectivity index is 1.77. The SMILES string of the molecule is CC[C@H](C)[C@@H]([C@@H](CC(=O)N1CCC[C@H]1[C@H](OC)[C@@H](C)C(=O)C[C@@H](Cc1ccccc1)C(=O)OC)OC)N(C)C(=O)[C@@H](NC(=O)C(C(C)C)N(C)CCc1ccc(N)cc1)C(C)C. The minimum absolute atomic E-state index is 0.00675. The molecular weight excluding hydrogens is 787 g/mol. The van der Waals surface area contributed by atoms with Crippen LogP contribution in [0.1, 0.15) is 91.7 Å². The maximum absolute atomic E-state index is 14.6. The first-order valence-corrected chi connectivity index (χ1v) is 22.5. The van der Waals surface area contributed by atoms with Gasteiger partial charge < -0.3 is 35.1 Å². The summed E-state index contributed by atoms with van der Waals surface area (Å²) in [6.07, 6.45) is 1.97. The van der Waals surface area contributed by atoms with E-state index < -0.39 is 48.1 Å². The average Bonchev–Trinajstić information content (AvgIpc) is 3.74. The molecule has 9 atom stereocenters. The highest BCUT2D eigenvalue weighted by atomic mass is 16.5. The number of nitrogens with two attached hydrogens (primary N) is 1. The molecule has 0 aliphatic carbocycles. The number of carbonyl (C=O) groups excluding carboxylic acids is 5. The second-order valence-corrected chi connectivity index (χ2v) is 18.1. The van der Waals surface area contributed by atoms with Crippen molar-refractivity contribution in [2.45, 2.75) is 130 Å². The van der Waals surface area contributed by atoms with Gasteiger partial charge in [-0.1, -0.05) is 97.4 Å². The van der Waals surface area contributed by atoms with Crippen molar-refractivity contribution in [2.75, 3.05) is 54.2 Å². The van der Waals surface area contributed by atoms with Gasteiger partial charge in [0.15, 0.2) is 0 Å². The molecule has 0 aromatic heterocycles. The summed E-state index contributed by atoms with van der Waals surface area (Å²) in [5.74, 6) is -2.72. The van der Waals surface area contributed by atoms with Crippen LogP contribution in [-0.2, 0) is 51.0 Å². The van der Waals surface area contributed by atoms with Crippen LogP contribution in [0.2, 0.25) is 0 Å². The predicted molar refractivity (Wildman–Crippen MR) is 244 cm³/mol. The predicted octanol–water partition coefficient (Wildman–Crippen LogP) is 5.82. The third-order valence-electron chi connectivity index (χ3n) is 13.0. The third kappa shape index (κ3) is 14.1. The summed E-state index contributed by atoms with van der Waals surface area (Å²) >= 11 is 0. The monoisotopic (exact) mass is 864 g/mol. The van der Waals surface area contributed by atoms with Crippen LogP contribution in [0.3, 0.4) is 0 Å². The lowest BCUT2D eigenvalue weighted by molar-refractivity contribution is -0.149. The Morgan fingerprint density at radius 2 is 1.50 bits per heavy atom. The second kappa shape index (κ2) is 25.1. The number of ketones is 1. The molecule has 62 heavy (non-hydrogen) atoms. The van der Waals surface area contributed by atoms with Crippen LogP contribution >= 0.6 is 0 Å². The van der Waals surface area contributed by atoms with Gasteiger partial charge in [0.1, 0.15) is 11.8 Å². The fourth-order valence-corrected chi connectivity index (χ4v) is 9.19. The standard InChI is InChI=1S/C49H77N5O8/c1-13-33(6)45(53(9)48(58)43(31(2)3)51-47(57)44(32(4)5)52(8)27-25-35-21-23-38(50)24-22-35)41(60-10)30-42(56)54-26-17-20-39(54)46(61-11)34(7)40(55)29-37(49(59)62-12)28-36-18-15-14-16-19-36/h14-16,18-19,21-24,31-34,37,39,41,43-46H,13,17,20,25-30,50H2,1-12H3,(H,51,57)/t33-,34-,37+,39-,41+,43-,44?,45-,46+/m0/s1. The van der Waals surface area contributed by atoms with Gasteiger partial charge in [0, 0.05) is 52.4 Å². The number of hydrogen-bond acceptors (Lipinski definition) is 10. The van der Waals surface area contributed by atoms with Crippen LogP contribution in [0.4, 0.5) is 5.69 Å². The number of Topliss-reactive ketones (excluding diaryl/α,β-unsaturated/α-hetero) is 1. The minimum atomic E-state index is -0.810. The summed E-state index contributed by atoms with van der Waals surface area (Å²) < 4.78 is 17.2. The number of nitrogens with one attached hydrogen (secondary N) is 1. The number of nitrogens with zero attached hydrogens (tertiary/aromatic N) is 3. The molecule has 3 N–H and O–H groups in total. The van der Waals surface area contributed by atoms with E-state index in [2.05, 4.69) is 5.32 Å². The normalized spacial score (nSPS) is 18.1. The van der Waals surface area contributed by atoms with Crippen LogP contribution in [0, 0.1) is 29.6 Å². The highest BCUT2D eigenvalue weighted by molar-refractivity contribution is 5.90. The van der Waals surface area contributed by atoms with Gasteiger partial charge in [0.2, 0.25) is 17.7 Å². The number of methoxy groups -OCH3 is 3. The summed E-state index contributed by atoms with van der Waals surface area (Å²) in [5.41, 5.74) is 8.63. The first-order valence-electron chi connectivity index (χ1n) is 22.5. The zero-order valence-corrected chi connectivity index (χ0v) is 39.6. The zero-order valence-electron chi connectivity index (χ0n) is 39.6. The first-order chi connectivity index (χ1) is 29.4. The van der Waals surface area contributed by atoms with Crippen molar-refractivity contribution in [3.05, 3.63) is 65.7 Å². The van der Waals surface area contributed by atoms with E-state index in [0.29, 0.717) is 31.6 Å². The van der Waals surface area contributed by atoms with E-state index in [0.717, 1.165) is 30.4 Å². The van der Waals surface area contributed by atoms with Crippen LogP contribution in [0.5, 0.6) is 0 Å². The van der Waals surface area contributed by atoms with Gasteiger partial charge in [-0.15, -0.1) is 0 Å². The number of amides is 3. The average molecular weight is 864 g/mol. The van der Waals surface area contributed by atoms with Gasteiger partial charge in [-0.25, -0.2) is 0 Å². The molecule has 1 aliphatic rings. The number of ether oxygens (including phenoxy) is 3. The van der Waals surface area contributed by atoms with E-state index in [4.69, 9.17) is 19.9 Å². The van der Waals surface area contributed by atoms with Crippen molar-refractivity contribution in [2.24, 2.45) is 29.6 Å². The van der Waals surface area contributed by atoms with Gasteiger partial charge >= 0.3 is 5.97 Å². The lowest BCUT2D eigenvalue weighted by Crippen LogP contribution is -2.60. The van der Waals surface area contributed by atoms with E-state index in [1.54, 1.807) is 38.0 Å². The molecule has 1 unspecified atom stereocenters. The summed E-state index contributed by atoms with van der Waals surface area (Å²) in [7, 11) is 8.12. The molecule has 1 aliphatic heterocycles. The topological polar surface area (TPSA) is 161 Å². The van der Waals surface area contributed by atoms with Crippen molar-refractivity contribution in [1.29, 1.82) is 0 Å². The van der Waals surface area contributed by atoms with Crippen LogP contribution in [0.25, 0.3) is 0 Å². The maximum atomic E-state index is 14.6. The van der Waals surface area contributed by atoms with Crippen molar-refractivity contribution in [3.8, 4) is 0 Å². The molecule has 3 rings (SSSR count). The highest BCUT2D eigenvalue weighted by Gasteiger charge is 2.43. The molecule has 2 aromatic rings. The van der Waals surface area contributed by atoms with E-state index in [1.165, 1.54) is 7.11 Å². The summed E-state index contributed by atoms with van der Waals surface area (Å²) in [6, 6.07) is 15.1. The second-order valence-electron chi connectivity index (χ2n) is 18.1. The Bertz CT molecular complexity index is 1720. The van der Waals surface area contributed by atoms with Crippen LogP contribution in [0.15, 0.2) is 54.6 Å². The van der Waals surface area contributed by atoms with Crippen molar-refractivity contribution < 1.29 is 38.2 Å². The Morgan fingerprint density at radius 3 is 2.05 bits per heavy atom. The lowest BCUT2D eigenvalue weighted by Gasteiger charge is -2.41. The molecule has 1 saturated heterocycles. The maximum Gasteiger partial charge on any atom is 0.309 e. The van der Waals surface area contributed by atoms with Gasteiger partial charge in [0.25, 0.3) is 0 Å². The lowest BCUT2D eigenvalue weighted by atomic mass is 9.85. The minimum Gasteiger partial charge on any atom is -0.469 e. The number of rotatable bonds is 25. The molecule has 13 nitrogen and oxygen atoms in total. The van der Waals surface area contributed by atoms with E-state index in [9.17, 15) is 24.0 Å². The Labute approximate surface area is 371 Å². The molecule has 1 fully saturated rings. The number of likely N-dealkylation sites (tertiary alicyclic amines) is 1. The highest BCUT2D eigenvalue weighted by Crippen LogP contribution is 2.31. The van der Waals surface area contributed by atoms with Gasteiger partial charge in [-0.3, -0.25) is 28.9 Å². The fourth-order valence-electron chi connectivity index (χ4n) is 9.19. The molecule has 0 bridgehead atoms. The number of benzene rings is 2. The third-order valence-corrected chi connectivity index (χ3v) is 13.0. The molecule has 2 aromatic carbocycles. The molecule has 0 saturated carbocycles. The number of nitrogen functional groups attached to an aromatic ring is 1. The summed E-state index contributed by atoms with van der Waals surface area (Å²) in [6.45, 7) is 14.9. The van der Waals surface area contributed by atoms with E-state index in [-0.39, 0.29) is 60.1 Å². The summed E-state index contributed by atoms with van der Waals surface area (Å²) in [4.78, 5) is 75.2. The smallest absolute Gasteiger partial charge is 0.309 e. The molecule has 1 heterocycles. The Morgan fingerprint density at radius 1 is 0.855 bits per heavy atom. The molecule has 346 valence electrons. The van der Waals surface area contributed by atoms with Crippen molar-refractivity contribution >= 4 is 35.2 Å². The number of likely N-dealkylation sites (N-methyl/N-ethyl adjacent to an activating group) is 2. The Hall–Kier alpha value is -4.33. The number of esters is 1. The fraction of sp³-hybridized carbons (Fsp3) is 0.653. The van der Waals surface area contributed by atoms with Crippen LogP contribution < -0.4 is 11.1 Å². The molecule has 0 radical (unpaired) electrons. The van der Waals surface area contributed by atoms with Gasteiger partial charge in [0.05, 0.1) is 49.8 Å². The van der Waals surface area contributed by atoms with E-state index >= 15 is 0 Å². The van der Waals surface area contributed by atoms with Gasteiger partial charge in [-0.05, 0) is 73.7 Å². The number of hydrogen-bond donors (Lipinski definition) is 2. The van der Waals surface area contributed by atoms with E-state index in [1.807, 2.05) is 108 Å². The molecule has 13 heteroatoms. The van der Waals surface area contributed by atoms with Gasteiger partial charge in [-0.2, -0.15) is 0 Å². The molecule has 3 amide bonds. The van der Waals surface area contributed by atoms with Crippen LogP contribution in [-0.4, -0.2) is 129 Å². The Kier molecular flexibility index (Phi) is 21.0. The number of carbonyl (C=O) groups is 5. The first kappa shape index (κ1) is 52.0. The summed E-state index contributed by atoms with van der Waals surface area (Å²) in [5, 5.41) is 3.13. The molecular formula is C49H77N5O8. The van der Waals surface area contributed by atoms with Crippen molar-refractivity contribution in [3.63, 3.8) is 0 Å². The molecule has 0 spiro atoms. The van der Waals surface area contributed by atoms with Crippen molar-refractivity contribution in [1.82, 2.24) is 20.0 Å². The quantitative estimate of drug-likeness (QED) is 0.0920. The number of anilines is 1.